The molecule has 1 N–H and O–H groups in total. The fourth-order valence-corrected chi connectivity index (χ4v) is 2.16. The molecule has 4 nitrogen and oxygen atoms in total. The average Bonchev–Trinajstić information content (AvgIpc) is 2.72. The Balaban J connectivity index is 1.94. The molecule has 0 saturated carbocycles. The van der Waals surface area contributed by atoms with Crippen LogP contribution in [0.1, 0.15) is 12.8 Å². The van der Waals surface area contributed by atoms with Crippen LogP contribution in [0.5, 0.6) is 0 Å². The van der Waals surface area contributed by atoms with Gasteiger partial charge in [0.2, 0.25) is 0 Å². The molecule has 0 aliphatic carbocycles. The van der Waals surface area contributed by atoms with Gasteiger partial charge in [-0.25, -0.2) is 0 Å². The molecule has 1 aliphatic heterocycles. The number of likely N-dealkylation sites (N-methyl/N-ethyl adjacent to an activating group) is 1. The average molecular weight is 229 g/mol. The van der Waals surface area contributed by atoms with Crippen molar-refractivity contribution in [3.63, 3.8) is 0 Å². The first-order valence-corrected chi connectivity index (χ1v) is 6.32. The Hall–Kier alpha value is -0.160. The summed E-state index contributed by atoms with van der Waals surface area (Å²) in [6.45, 7) is 6.62. The van der Waals surface area contributed by atoms with Gasteiger partial charge in [0.15, 0.2) is 0 Å². The summed E-state index contributed by atoms with van der Waals surface area (Å²) in [5.41, 5.74) is 0. The molecule has 1 heterocycles. The number of likely N-dealkylation sites (tertiary alicyclic amines) is 1. The van der Waals surface area contributed by atoms with Gasteiger partial charge in [0, 0.05) is 26.2 Å². The lowest BCUT2D eigenvalue weighted by Gasteiger charge is -2.20. The Labute approximate surface area is 99.9 Å². The minimum atomic E-state index is 0.765. The van der Waals surface area contributed by atoms with Crippen molar-refractivity contribution < 1.29 is 4.74 Å². The molecule has 0 amide bonds. The minimum Gasteiger partial charge on any atom is -0.383 e. The molecule has 1 atom stereocenters. The number of hydrogen-bond acceptors (Lipinski definition) is 4. The standard InChI is InChI=1S/C12H27N3O/c1-14(2)12-5-9-15(11-12)8-4-6-13-7-10-16-3/h12-13H,4-11H2,1-3H3. The summed E-state index contributed by atoms with van der Waals surface area (Å²) in [5.74, 6) is 0. The van der Waals surface area contributed by atoms with Crippen LogP contribution >= 0.6 is 0 Å². The van der Waals surface area contributed by atoms with Crippen molar-refractivity contribution in [1.82, 2.24) is 15.1 Å². The molecule has 1 rings (SSSR count). The maximum absolute atomic E-state index is 4.98. The van der Waals surface area contributed by atoms with E-state index in [1.807, 2.05) is 0 Å². The zero-order valence-corrected chi connectivity index (χ0v) is 11.0. The summed E-state index contributed by atoms with van der Waals surface area (Å²) in [5, 5.41) is 3.38. The van der Waals surface area contributed by atoms with E-state index in [2.05, 4.69) is 29.2 Å². The molecule has 0 spiro atoms. The van der Waals surface area contributed by atoms with E-state index in [1.165, 1.54) is 32.5 Å². The van der Waals surface area contributed by atoms with E-state index in [4.69, 9.17) is 4.74 Å². The van der Waals surface area contributed by atoms with Gasteiger partial charge >= 0.3 is 0 Å². The molecule has 16 heavy (non-hydrogen) atoms. The van der Waals surface area contributed by atoms with Gasteiger partial charge in [-0.05, 0) is 46.6 Å². The third-order valence-electron chi connectivity index (χ3n) is 3.29. The fourth-order valence-electron chi connectivity index (χ4n) is 2.16. The summed E-state index contributed by atoms with van der Waals surface area (Å²) in [6.07, 6.45) is 2.56. The topological polar surface area (TPSA) is 27.7 Å². The summed E-state index contributed by atoms with van der Waals surface area (Å²) in [6, 6.07) is 0.765. The molecule has 1 unspecified atom stereocenters. The Kier molecular flexibility index (Phi) is 6.96. The lowest BCUT2D eigenvalue weighted by molar-refractivity contribution is 0.198. The lowest BCUT2D eigenvalue weighted by atomic mass is 10.2. The Bertz CT molecular complexity index is 176. The minimum absolute atomic E-state index is 0.765. The maximum atomic E-state index is 4.98. The second kappa shape index (κ2) is 8.01. The van der Waals surface area contributed by atoms with Crippen molar-refractivity contribution in [2.24, 2.45) is 0 Å². The summed E-state index contributed by atoms with van der Waals surface area (Å²) in [7, 11) is 6.11. The second-order valence-corrected chi connectivity index (χ2v) is 4.80. The molecule has 1 fully saturated rings. The van der Waals surface area contributed by atoms with Crippen LogP contribution in [0.25, 0.3) is 0 Å². The Morgan fingerprint density at radius 3 is 2.81 bits per heavy atom. The largest absolute Gasteiger partial charge is 0.383 e. The number of methoxy groups -OCH3 is 1. The van der Waals surface area contributed by atoms with E-state index in [-0.39, 0.29) is 0 Å². The highest BCUT2D eigenvalue weighted by Crippen LogP contribution is 2.12. The monoisotopic (exact) mass is 229 g/mol. The number of rotatable bonds is 8. The van der Waals surface area contributed by atoms with Gasteiger partial charge in [0.05, 0.1) is 6.61 Å². The van der Waals surface area contributed by atoms with Crippen LogP contribution in [0.2, 0.25) is 0 Å². The van der Waals surface area contributed by atoms with Crippen LogP contribution < -0.4 is 5.32 Å². The molecule has 96 valence electrons. The van der Waals surface area contributed by atoms with Gasteiger partial charge in [0.25, 0.3) is 0 Å². The highest BCUT2D eigenvalue weighted by molar-refractivity contribution is 4.80. The molecule has 1 aliphatic rings. The lowest BCUT2D eigenvalue weighted by Crippen LogP contribution is -2.32. The van der Waals surface area contributed by atoms with E-state index < -0.39 is 0 Å². The molecule has 0 aromatic rings. The molecule has 0 radical (unpaired) electrons. The van der Waals surface area contributed by atoms with Crippen molar-refractivity contribution in [3.05, 3.63) is 0 Å². The number of nitrogens with one attached hydrogen (secondary N) is 1. The van der Waals surface area contributed by atoms with Gasteiger partial charge in [-0.2, -0.15) is 0 Å². The fraction of sp³-hybridized carbons (Fsp3) is 1.00. The third kappa shape index (κ3) is 5.25. The smallest absolute Gasteiger partial charge is 0.0587 e. The van der Waals surface area contributed by atoms with Crippen molar-refractivity contribution in [1.29, 1.82) is 0 Å². The van der Waals surface area contributed by atoms with Gasteiger partial charge in [-0.1, -0.05) is 0 Å². The first-order valence-electron chi connectivity index (χ1n) is 6.32. The molecule has 0 aromatic carbocycles. The zero-order chi connectivity index (χ0) is 11.8. The van der Waals surface area contributed by atoms with Crippen LogP contribution in [0.4, 0.5) is 0 Å². The van der Waals surface area contributed by atoms with E-state index in [1.54, 1.807) is 7.11 Å². The van der Waals surface area contributed by atoms with E-state index >= 15 is 0 Å². The molecule has 4 heteroatoms. The molecular weight excluding hydrogens is 202 g/mol. The van der Waals surface area contributed by atoms with Crippen molar-refractivity contribution in [2.75, 3.05) is 60.5 Å². The summed E-state index contributed by atoms with van der Waals surface area (Å²) >= 11 is 0. The molecule has 0 aromatic heterocycles. The van der Waals surface area contributed by atoms with Gasteiger partial charge < -0.3 is 19.9 Å². The zero-order valence-electron chi connectivity index (χ0n) is 11.0. The van der Waals surface area contributed by atoms with Gasteiger partial charge in [0.1, 0.15) is 0 Å². The summed E-state index contributed by atoms with van der Waals surface area (Å²) in [4.78, 5) is 4.92. The predicted molar refractivity (Wildman–Crippen MR) is 67.9 cm³/mol. The molecule has 1 saturated heterocycles. The quantitative estimate of drug-likeness (QED) is 0.604. The van der Waals surface area contributed by atoms with Gasteiger partial charge in [-0.15, -0.1) is 0 Å². The van der Waals surface area contributed by atoms with Crippen LogP contribution in [0.15, 0.2) is 0 Å². The SMILES string of the molecule is COCCNCCCN1CCC(N(C)C)C1. The van der Waals surface area contributed by atoms with Gasteiger partial charge in [-0.3, -0.25) is 0 Å². The second-order valence-electron chi connectivity index (χ2n) is 4.80. The summed E-state index contributed by atoms with van der Waals surface area (Å²) < 4.78 is 4.98. The van der Waals surface area contributed by atoms with Crippen LogP contribution in [-0.2, 0) is 4.74 Å². The van der Waals surface area contributed by atoms with Crippen molar-refractivity contribution >= 4 is 0 Å². The number of nitrogens with zero attached hydrogens (tertiary/aromatic N) is 2. The van der Waals surface area contributed by atoms with Crippen LogP contribution in [0, 0.1) is 0 Å². The maximum Gasteiger partial charge on any atom is 0.0587 e. The predicted octanol–water partition coefficient (Wildman–Crippen LogP) is 0.248. The number of ether oxygens (including phenoxy) is 1. The van der Waals surface area contributed by atoms with E-state index in [0.717, 1.165) is 25.7 Å². The van der Waals surface area contributed by atoms with E-state index in [0.29, 0.717) is 0 Å². The van der Waals surface area contributed by atoms with Crippen molar-refractivity contribution in [3.8, 4) is 0 Å². The highest BCUT2D eigenvalue weighted by Gasteiger charge is 2.22. The van der Waals surface area contributed by atoms with Crippen molar-refractivity contribution in [2.45, 2.75) is 18.9 Å². The Morgan fingerprint density at radius 2 is 2.19 bits per heavy atom. The Morgan fingerprint density at radius 1 is 1.38 bits per heavy atom. The van der Waals surface area contributed by atoms with Crippen LogP contribution in [-0.4, -0.2) is 76.4 Å². The highest BCUT2D eigenvalue weighted by atomic mass is 16.5. The molecule has 0 bridgehead atoms. The normalized spacial score (nSPS) is 22.1. The first kappa shape index (κ1) is 13.9. The van der Waals surface area contributed by atoms with Crippen LogP contribution in [0.3, 0.4) is 0 Å². The van der Waals surface area contributed by atoms with E-state index in [9.17, 15) is 0 Å². The molecular formula is C12H27N3O. The first-order chi connectivity index (χ1) is 7.74. The third-order valence-corrected chi connectivity index (χ3v) is 3.29. The number of hydrogen-bond donors (Lipinski definition) is 1.